The fraction of sp³-hybridized carbons (Fsp3) is 0.467. The van der Waals surface area contributed by atoms with Crippen LogP contribution in [-0.2, 0) is 4.79 Å². The van der Waals surface area contributed by atoms with Gasteiger partial charge in [-0.15, -0.1) is 0 Å². The van der Waals surface area contributed by atoms with Crippen molar-refractivity contribution < 1.29 is 14.7 Å². The van der Waals surface area contributed by atoms with Crippen molar-refractivity contribution in [1.29, 1.82) is 0 Å². The quantitative estimate of drug-likeness (QED) is 0.901. The first-order valence-electron chi connectivity index (χ1n) is 6.69. The minimum Gasteiger partial charge on any atom is -0.481 e. The number of halogens is 1. The van der Waals surface area contributed by atoms with Gasteiger partial charge in [-0.05, 0) is 46.8 Å². The third-order valence-corrected chi connectivity index (χ3v) is 4.98. The van der Waals surface area contributed by atoms with E-state index in [1.807, 2.05) is 26.0 Å². The molecule has 1 fully saturated rings. The predicted octanol–water partition coefficient (Wildman–Crippen LogP) is 2.94. The van der Waals surface area contributed by atoms with E-state index < -0.39 is 5.97 Å². The highest BCUT2D eigenvalue weighted by atomic mass is 79.9. The van der Waals surface area contributed by atoms with Crippen LogP contribution in [0.5, 0.6) is 0 Å². The standard InChI is InChI=1S/C15H18BrNO3/c1-9-4-3-5-12(13(9)16)14(18)17-7-6-11(15(19)20)10(2)8-17/h3-5,10-11H,6-8H2,1-2H3,(H,19,20). The molecule has 1 heterocycles. The number of piperidine rings is 1. The lowest BCUT2D eigenvalue weighted by Gasteiger charge is -2.35. The van der Waals surface area contributed by atoms with Crippen molar-refractivity contribution in [3.05, 3.63) is 33.8 Å². The summed E-state index contributed by atoms with van der Waals surface area (Å²) in [5.74, 6) is -1.16. The van der Waals surface area contributed by atoms with Crippen molar-refractivity contribution in [3.63, 3.8) is 0 Å². The van der Waals surface area contributed by atoms with Gasteiger partial charge in [-0.2, -0.15) is 0 Å². The van der Waals surface area contributed by atoms with Gasteiger partial charge in [0, 0.05) is 17.6 Å². The maximum Gasteiger partial charge on any atom is 0.306 e. The Bertz CT molecular complexity index is 544. The number of hydrogen-bond donors (Lipinski definition) is 1. The van der Waals surface area contributed by atoms with Gasteiger partial charge in [0.05, 0.1) is 11.5 Å². The summed E-state index contributed by atoms with van der Waals surface area (Å²) in [5.41, 5.74) is 1.66. The Labute approximate surface area is 126 Å². The molecule has 108 valence electrons. The van der Waals surface area contributed by atoms with Crippen LogP contribution in [0.4, 0.5) is 0 Å². The number of carbonyl (C=O) groups excluding carboxylic acids is 1. The van der Waals surface area contributed by atoms with E-state index in [0.29, 0.717) is 25.1 Å². The lowest BCUT2D eigenvalue weighted by molar-refractivity contribution is -0.145. The Morgan fingerprint density at radius 2 is 2.10 bits per heavy atom. The summed E-state index contributed by atoms with van der Waals surface area (Å²) in [4.78, 5) is 25.4. The molecular formula is C15H18BrNO3. The zero-order chi connectivity index (χ0) is 14.9. The third-order valence-electron chi connectivity index (χ3n) is 3.93. The lowest BCUT2D eigenvalue weighted by atomic mass is 9.87. The SMILES string of the molecule is Cc1cccc(C(=O)N2CCC(C(=O)O)C(C)C2)c1Br. The Morgan fingerprint density at radius 1 is 1.40 bits per heavy atom. The highest BCUT2D eigenvalue weighted by Crippen LogP contribution is 2.27. The molecule has 4 nitrogen and oxygen atoms in total. The summed E-state index contributed by atoms with van der Waals surface area (Å²) in [7, 11) is 0. The van der Waals surface area contributed by atoms with Gasteiger partial charge in [0.1, 0.15) is 0 Å². The fourth-order valence-corrected chi connectivity index (χ4v) is 3.11. The molecule has 2 unspecified atom stereocenters. The van der Waals surface area contributed by atoms with E-state index in [1.54, 1.807) is 11.0 Å². The van der Waals surface area contributed by atoms with Crippen LogP contribution >= 0.6 is 15.9 Å². The van der Waals surface area contributed by atoms with Gasteiger partial charge >= 0.3 is 5.97 Å². The number of carboxylic acids is 1. The minimum absolute atomic E-state index is 0.0196. The maximum atomic E-state index is 12.5. The number of rotatable bonds is 2. The molecule has 0 radical (unpaired) electrons. The molecule has 5 heteroatoms. The van der Waals surface area contributed by atoms with E-state index in [1.165, 1.54) is 0 Å². The van der Waals surface area contributed by atoms with Crippen LogP contribution in [-0.4, -0.2) is 35.0 Å². The summed E-state index contributed by atoms with van der Waals surface area (Å²) < 4.78 is 0.818. The van der Waals surface area contributed by atoms with E-state index >= 15 is 0 Å². The van der Waals surface area contributed by atoms with Crippen molar-refractivity contribution >= 4 is 27.8 Å². The largest absolute Gasteiger partial charge is 0.481 e. The van der Waals surface area contributed by atoms with Gasteiger partial charge < -0.3 is 10.0 Å². The lowest BCUT2D eigenvalue weighted by Crippen LogP contribution is -2.45. The zero-order valence-corrected chi connectivity index (χ0v) is 13.2. The van der Waals surface area contributed by atoms with Crippen LogP contribution in [0.2, 0.25) is 0 Å². The summed E-state index contributed by atoms with van der Waals surface area (Å²) in [6.07, 6.45) is 0.520. The van der Waals surface area contributed by atoms with Gasteiger partial charge in [-0.1, -0.05) is 19.1 Å². The topological polar surface area (TPSA) is 57.6 Å². The van der Waals surface area contributed by atoms with Crippen molar-refractivity contribution in [2.75, 3.05) is 13.1 Å². The molecular weight excluding hydrogens is 322 g/mol. The number of aryl methyl sites for hydroxylation is 1. The average Bonchev–Trinajstić information content (AvgIpc) is 2.40. The Balaban J connectivity index is 2.15. The molecule has 0 aliphatic carbocycles. The van der Waals surface area contributed by atoms with E-state index in [0.717, 1.165) is 10.0 Å². The highest BCUT2D eigenvalue weighted by molar-refractivity contribution is 9.10. The summed E-state index contributed by atoms with van der Waals surface area (Å²) in [5, 5.41) is 9.12. The number of benzene rings is 1. The second-order valence-corrected chi connectivity index (χ2v) is 6.19. The first kappa shape index (κ1) is 15.0. The van der Waals surface area contributed by atoms with Crippen LogP contribution < -0.4 is 0 Å². The summed E-state index contributed by atoms with van der Waals surface area (Å²) >= 11 is 3.46. The van der Waals surface area contributed by atoms with Gasteiger partial charge in [-0.25, -0.2) is 0 Å². The van der Waals surface area contributed by atoms with Gasteiger partial charge in [0.25, 0.3) is 5.91 Å². The fourth-order valence-electron chi connectivity index (χ4n) is 2.68. The molecule has 1 aliphatic heterocycles. The average molecular weight is 340 g/mol. The predicted molar refractivity (Wildman–Crippen MR) is 79.7 cm³/mol. The van der Waals surface area contributed by atoms with Gasteiger partial charge in [0.15, 0.2) is 0 Å². The first-order valence-corrected chi connectivity index (χ1v) is 7.48. The molecule has 1 saturated heterocycles. The second-order valence-electron chi connectivity index (χ2n) is 5.40. The van der Waals surface area contributed by atoms with E-state index in [2.05, 4.69) is 15.9 Å². The summed E-state index contributed by atoms with van der Waals surface area (Å²) in [6, 6.07) is 5.61. The maximum absolute atomic E-state index is 12.5. The molecule has 2 atom stereocenters. The second kappa shape index (κ2) is 5.95. The van der Waals surface area contributed by atoms with Crippen molar-refractivity contribution in [2.45, 2.75) is 20.3 Å². The minimum atomic E-state index is -0.763. The van der Waals surface area contributed by atoms with Crippen LogP contribution in [0.25, 0.3) is 0 Å². The molecule has 1 amide bonds. The number of carboxylic acid groups (broad SMARTS) is 1. The number of likely N-dealkylation sites (tertiary alicyclic amines) is 1. The van der Waals surface area contributed by atoms with Crippen LogP contribution in [0.1, 0.15) is 29.3 Å². The number of amides is 1. The number of aliphatic carboxylic acids is 1. The monoisotopic (exact) mass is 339 g/mol. The highest BCUT2D eigenvalue weighted by Gasteiger charge is 2.33. The Hall–Kier alpha value is -1.36. The Morgan fingerprint density at radius 3 is 2.70 bits per heavy atom. The summed E-state index contributed by atoms with van der Waals surface area (Å²) in [6.45, 7) is 4.83. The van der Waals surface area contributed by atoms with E-state index in [9.17, 15) is 9.59 Å². The van der Waals surface area contributed by atoms with Crippen LogP contribution in [0, 0.1) is 18.8 Å². The molecule has 1 aliphatic rings. The first-order chi connectivity index (χ1) is 9.41. The van der Waals surface area contributed by atoms with Crippen LogP contribution in [0.15, 0.2) is 22.7 Å². The smallest absolute Gasteiger partial charge is 0.306 e. The van der Waals surface area contributed by atoms with Gasteiger partial charge in [0.2, 0.25) is 0 Å². The normalized spacial score (nSPS) is 22.6. The van der Waals surface area contributed by atoms with Crippen LogP contribution in [0.3, 0.4) is 0 Å². The molecule has 1 aromatic carbocycles. The molecule has 0 bridgehead atoms. The number of nitrogens with zero attached hydrogens (tertiary/aromatic N) is 1. The zero-order valence-electron chi connectivity index (χ0n) is 11.6. The molecule has 0 saturated carbocycles. The van der Waals surface area contributed by atoms with E-state index in [-0.39, 0.29) is 17.7 Å². The molecule has 0 aromatic heterocycles. The molecule has 0 spiro atoms. The molecule has 20 heavy (non-hydrogen) atoms. The third kappa shape index (κ3) is 2.87. The van der Waals surface area contributed by atoms with Crippen molar-refractivity contribution in [1.82, 2.24) is 4.90 Å². The molecule has 1 N–H and O–H groups in total. The molecule has 2 rings (SSSR count). The number of carbonyl (C=O) groups is 2. The Kier molecular flexibility index (Phi) is 4.48. The molecule has 1 aromatic rings. The van der Waals surface area contributed by atoms with E-state index in [4.69, 9.17) is 5.11 Å². The van der Waals surface area contributed by atoms with Crippen molar-refractivity contribution in [3.8, 4) is 0 Å². The number of hydrogen-bond acceptors (Lipinski definition) is 2. The van der Waals surface area contributed by atoms with Gasteiger partial charge in [-0.3, -0.25) is 9.59 Å². The van der Waals surface area contributed by atoms with Crippen molar-refractivity contribution in [2.24, 2.45) is 11.8 Å².